The molecule has 0 bridgehead atoms. The Hall–Kier alpha value is -1.98. The summed E-state index contributed by atoms with van der Waals surface area (Å²) in [5, 5.41) is 10.6. The second-order valence-corrected chi connectivity index (χ2v) is 5.28. The SMILES string of the molecule is Cc1nc(OCc2ccccc2)c(CO)c2sncc12. The van der Waals surface area contributed by atoms with Crippen LogP contribution in [0, 0.1) is 6.92 Å². The lowest BCUT2D eigenvalue weighted by molar-refractivity contribution is 0.254. The first-order valence-corrected chi connectivity index (χ1v) is 7.08. The first-order valence-electron chi connectivity index (χ1n) is 6.31. The molecule has 3 rings (SSSR count). The fraction of sp³-hybridized carbons (Fsp3) is 0.200. The number of rotatable bonds is 4. The van der Waals surface area contributed by atoms with E-state index < -0.39 is 0 Å². The van der Waals surface area contributed by atoms with E-state index in [-0.39, 0.29) is 6.61 Å². The summed E-state index contributed by atoms with van der Waals surface area (Å²) in [6.45, 7) is 2.26. The van der Waals surface area contributed by atoms with Crippen molar-refractivity contribution in [1.29, 1.82) is 0 Å². The zero-order chi connectivity index (χ0) is 13.9. The first-order chi connectivity index (χ1) is 9.79. The molecule has 2 heterocycles. The van der Waals surface area contributed by atoms with E-state index in [0.29, 0.717) is 18.1 Å². The zero-order valence-electron chi connectivity index (χ0n) is 11.0. The maximum absolute atomic E-state index is 9.58. The lowest BCUT2D eigenvalue weighted by atomic mass is 10.2. The number of aliphatic hydroxyl groups excluding tert-OH is 1. The molecule has 0 saturated heterocycles. The van der Waals surface area contributed by atoms with Crippen molar-refractivity contribution in [1.82, 2.24) is 9.36 Å². The van der Waals surface area contributed by atoms with Gasteiger partial charge in [0.05, 0.1) is 28.8 Å². The van der Waals surface area contributed by atoms with Crippen molar-refractivity contribution in [2.24, 2.45) is 0 Å². The molecular weight excluding hydrogens is 272 g/mol. The molecule has 0 amide bonds. The smallest absolute Gasteiger partial charge is 0.221 e. The molecule has 0 unspecified atom stereocenters. The van der Waals surface area contributed by atoms with Gasteiger partial charge < -0.3 is 9.84 Å². The van der Waals surface area contributed by atoms with E-state index in [1.54, 1.807) is 6.20 Å². The predicted octanol–water partition coefficient (Wildman–Crippen LogP) is 3.07. The molecule has 1 N–H and O–H groups in total. The minimum Gasteiger partial charge on any atom is -0.472 e. The van der Waals surface area contributed by atoms with Gasteiger partial charge in [0.1, 0.15) is 6.61 Å². The van der Waals surface area contributed by atoms with Crippen LogP contribution >= 0.6 is 11.5 Å². The number of pyridine rings is 1. The Bertz CT molecular complexity index is 725. The standard InChI is InChI=1S/C15H14N2O2S/c1-10-12-7-16-20-14(12)13(8-18)15(17-10)19-9-11-5-3-2-4-6-11/h2-7,18H,8-9H2,1H3. The van der Waals surface area contributed by atoms with E-state index in [9.17, 15) is 5.11 Å². The molecular formula is C15H14N2O2S. The number of aliphatic hydroxyl groups is 1. The highest BCUT2D eigenvalue weighted by atomic mass is 32.1. The highest BCUT2D eigenvalue weighted by Gasteiger charge is 2.14. The number of hydrogen-bond acceptors (Lipinski definition) is 5. The van der Waals surface area contributed by atoms with Crippen LogP contribution in [-0.2, 0) is 13.2 Å². The molecule has 20 heavy (non-hydrogen) atoms. The van der Waals surface area contributed by atoms with Gasteiger partial charge in [-0.05, 0) is 24.0 Å². The van der Waals surface area contributed by atoms with E-state index >= 15 is 0 Å². The van der Waals surface area contributed by atoms with Crippen LogP contribution in [-0.4, -0.2) is 14.5 Å². The largest absolute Gasteiger partial charge is 0.472 e. The van der Waals surface area contributed by atoms with Crippen LogP contribution in [0.25, 0.3) is 10.1 Å². The van der Waals surface area contributed by atoms with Crippen molar-refractivity contribution < 1.29 is 9.84 Å². The van der Waals surface area contributed by atoms with E-state index in [1.165, 1.54) is 11.5 Å². The monoisotopic (exact) mass is 286 g/mol. The van der Waals surface area contributed by atoms with Crippen molar-refractivity contribution in [2.75, 3.05) is 0 Å². The summed E-state index contributed by atoms with van der Waals surface area (Å²) in [4.78, 5) is 4.44. The molecule has 4 nitrogen and oxygen atoms in total. The topological polar surface area (TPSA) is 55.2 Å². The Morgan fingerprint density at radius 1 is 1.25 bits per heavy atom. The molecule has 0 aliphatic heterocycles. The Labute approximate surface area is 120 Å². The number of nitrogens with zero attached hydrogens (tertiary/aromatic N) is 2. The molecule has 0 atom stereocenters. The van der Waals surface area contributed by atoms with Gasteiger partial charge in [-0.15, -0.1) is 0 Å². The molecule has 0 radical (unpaired) electrons. The second kappa shape index (κ2) is 5.56. The summed E-state index contributed by atoms with van der Waals surface area (Å²) >= 11 is 1.36. The highest BCUT2D eigenvalue weighted by molar-refractivity contribution is 7.13. The maximum atomic E-state index is 9.58. The number of fused-ring (bicyclic) bond motifs is 1. The van der Waals surface area contributed by atoms with Crippen LogP contribution in [0.15, 0.2) is 36.5 Å². The Kier molecular flexibility index (Phi) is 3.62. The van der Waals surface area contributed by atoms with Gasteiger partial charge in [0.15, 0.2) is 0 Å². The van der Waals surface area contributed by atoms with Crippen molar-refractivity contribution in [3.05, 3.63) is 53.3 Å². The van der Waals surface area contributed by atoms with Crippen molar-refractivity contribution >= 4 is 21.6 Å². The number of benzene rings is 1. The number of ether oxygens (including phenoxy) is 1. The number of aromatic nitrogens is 2. The van der Waals surface area contributed by atoms with Gasteiger partial charge in [0, 0.05) is 5.39 Å². The minimum atomic E-state index is -0.101. The van der Waals surface area contributed by atoms with Gasteiger partial charge in [0.25, 0.3) is 0 Å². The Morgan fingerprint density at radius 2 is 2.05 bits per heavy atom. The van der Waals surface area contributed by atoms with E-state index in [1.807, 2.05) is 37.3 Å². The van der Waals surface area contributed by atoms with Gasteiger partial charge in [-0.2, -0.15) is 4.37 Å². The summed E-state index contributed by atoms with van der Waals surface area (Å²) in [6, 6.07) is 9.90. The zero-order valence-corrected chi connectivity index (χ0v) is 11.9. The molecule has 0 fully saturated rings. The van der Waals surface area contributed by atoms with Crippen LogP contribution < -0.4 is 4.74 Å². The van der Waals surface area contributed by atoms with E-state index in [2.05, 4.69) is 9.36 Å². The van der Waals surface area contributed by atoms with E-state index in [4.69, 9.17) is 4.74 Å². The van der Waals surface area contributed by atoms with Gasteiger partial charge in [-0.3, -0.25) is 0 Å². The number of hydrogen-bond donors (Lipinski definition) is 1. The average Bonchev–Trinajstić information content (AvgIpc) is 2.96. The van der Waals surface area contributed by atoms with Crippen molar-refractivity contribution in [3.63, 3.8) is 0 Å². The summed E-state index contributed by atoms with van der Waals surface area (Å²) < 4.78 is 10.9. The van der Waals surface area contributed by atoms with Gasteiger partial charge in [-0.25, -0.2) is 4.98 Å². The van der Waals surface area contributed by atoms with Gasteiger partial charge in [0.2, 0.25) is 5.88 Å². The lowest BCUT2D eigenvalue weighted by Gasteiger charge is -2.11. The maximum Gasteiger partial charge on any atom is 0.221 e. The Morgan fingerprint density at radius 3 is 2.80 bits per heavy atom. The minimum absolute atomic E-state index is 0.101. The Balaban J connectivity index is 1.94. The predicted molar refractivity (Wildman–Crippen MR) is 78.8 cm³/mol. The van der Waals surface area contributed by atoms with E-state index in [0.717, 1.165) is 21.3 Å². The third kappa shape index (κ3) is 2.37. The molecule has 0 aliphatic carbocycles. The van der Waals surface area contributed by atoms with Crippen molar-refractivity contribution in [2.45, 2.75) is 20.1 Å². The van der Waals surface area contributed by atoms with Crippen LogP contribution in [0.2, 0.25) is 0 Å². The summed E-state index contributed by atoms with van der Waals surface area (Å²) in [5.74, 6) is 0.491. The highest BCUT2D eigenvalue weighted by Crippen LogP contribution is 2.31. The van der Waals surface area contributed by atoms with Crippen LogP contribution in [0.5, 0.6) is 5.88 Å². The third-order valence-electron chi connectivity index (χ3n) is 3.14. The fourth-order valence-corrected chi connectivity index (χ4v) is 2.90. The summed E-state index contributed by atoms with van der Waals surface area (Å²) in [5.41, 5.74) is 2.65. The summed E-state index contributed by atoms with van der Waals surface area (Å²) in [7, 11) is 0. The van der Waals surface area contributed by atoms with Crippen LogP contribution in [0.3, 0.4) is 0 Å². The van der Waals surface area contributed by atoms with Crippen molar-refractivity contribution in [3.8, 4) is 5.88 Å². The van der Waals surface area contributed by atoms with Gasteiger partial charge in [-0.1, -0.05) is 30.3 Å². The fourth-order valence-electron chi connectivity index (χ4n) is 2.08. The molecule has 0 saturated carbocycles. The average molecular weight is 286 g/mol. The molecule has 102 valence electrons. The quantitative estimate of drug-likeness (QED) is 0.801. The third-order valence-corrected chi connectivity index (χ3v) is 4.00. The lowest BCUT2D eigenvalue weighted by Crippen LogP contribution is -2.02. The van der Waals surface area contributed by atoms with Crippen LogP contribution in [0.1, 0.15) is 16.8 Å². The molecule has 5 heteroatoms. The molecule has 1 aromatic carbocycles. The van der Waals surface area contributed by atoms with Gasteiger partial charge >= 0.3 is 0 Å². The molecule has 2 aromatic heterocycles. The molecule has 0 aliphatic rings. The molecule has 0 spiro atoms. The number of aryl methyl sites for hydroxylation is 1. The first kappa shape index (κ1) is 13.0. The second-order valence-electron chi connectivity index (χ2n) is 4.48. The van der Waals surface area contributed by atoms with Crippen LogP contribution in [0.4, 0.5) is 0 Å². The summed E-state index contributed by atoms with van der Waals surface area (Å²) in [6.07, 6.45) is 1.78. The normalized spacial score (nSPS) is 10.9. The molecule has 3 aromatic rings.